The van der Waals surface area contributed by atoms with Crippen molar-refractivity contribution in [1.29, 1.82) is 0 Å². The lowest BCUT2D eigenvalue weighted by Gasteiger charge is -2.10. The molecule has 5 heteroatoms. The lowest BCUT2D eigenvalue weighted by atomic mass is 9.96. The molecule has 0 amide bonds. The molecule has 0 aliphatic heterocycles. The molecule has 3 rings (SSSR count). The van der Waals surface area contributed by atoms with E-state index in [2.05, 4.69) is 21.0 Å². The van der Waals surface area contributed by atoms with Crippen LogP contribution in [0.1, 0.15) is 18.4 Å². The van der Waals surface area contributed by atoms with Crippen LogP contribution in [0.15, 0.2) is 41.1 Å². The molecular formula is C13H11BrN2O2. The number of carboxylic acid groups (broad SMARTS) is 1. The number of nitrogens with zero attached hydrogens (tertiary/aromatic N) is 2. The van der Waals surface area contributed by atoms with Gasteiger partial charge in [0.25, 0.3) is 0 Å². The van der Waals surface area contributed by atoms with Gasteiger partial charge in [0, 0.05) is 6.20 Å². The summed E-state index contributed by atoms with van der Waals surface area (Å²) in [6.45, 7) is 0. The topological polar surface area (TPSA) is 55.1 Å². The van der Waals surface area contributed by atoms with Crippen molar-refractivity contribution < 1.29 is 9.90 Å². The highest BCUT2D eigenvalue weighted by Gasteiger charge is 2.51. The van der Waals surface area contributed by atoms with E-state index in [1.807, 2.05) is 30.5 Å². The third-order valence-electron chi connectivity index (χ3n) is 3.39. The van der Waals surface area contributed by atoms with Crippen LogP contribution >= 0.6 is 15.9 Å². The summed E-state index contributed by atoms with van der Waals surface area (Å²) in [6.07, 6.45) is 5.04. The first-order chi connectivity index (χ1) is 8.62. The number of halogens is 1. The summed E-state index contributed by atoms with van der Waals surface area (Å²) in [5.41, 5.74) is 1.17. The molecule has 1 saturated carbocycles. The van der Waals surface area contributed by atoms with Crippen molar-refractivity contribution in [2.24, 2.45) is 0 Å². The molecule has 1 heterocycles. The molecule has 1 aromatic carbocycles. The van der Waals surface area contributed by atoms with Crippen molar-refractivity contribution in [2.75, 3.05) is 0 Å². The van der Waals surface area contributed by atoms with Gasteiger partial charge in [0.1, 0.15) is 0 Å². The highest BCUT2D eigenvalue weighted by Crippen LogP contribution is 2.48. The second kappa shape index (κ2) is 3.95. The van der Waals surface area contributed by atoms with Gasteiger partial charge in [-0.2, -0.15) is 5.10 Å². The number of aliphatic carboxylic acids is 1. The van der Waals surface area contributed by atoms with Crippen LogP contribution in [0.25, 0.3) is 5.69 Å². The monoisotopic (exact) mass is 306 g/mol. The standard InChI is InChI=1S/C13H11BrN2O2/c14-10-7-15-16(8-10)11-3-1-9(2-4-11)13(5-6-13)12(17)18/h1-4,7-8H,5-6H2,(H,17,18). The average Bonchev–Trinajstić information content (AvgIpc) is 3.07. The minimum Gasteiger partial charge on any atom is -0.481 e. The van der Waals surface area contributed by atoms with Crippen LogP contribution in [0.2, 0.25) is 0 Å². The van der Waals surface area contributed by atoms with E-state index in [1.165, 1.54) is 0 Å². The maximum Gasteiger partial charge on any atom is 0.314 e. The first kappa shape index (κ1) is 11.5. The van der Waals surface area contributed by atoms with Crippen molar-refractivity contribution in [3.8, 4) is 5.69 Å². The van der Waals surface area contributed by atoms with Gasteiger partial charge in [-0.1, -0.05) is 12.1 Å². The summed E-state index contributed by atoms with van der Waals surface area (Å²) < 4.78 is 2.66. The van der Waals surface area contributed by atoms with Crippen LogP contribution < -0.4 is 0 Å². The quantitative estimate of drug-likeness (QED) is 0.948. The maximum atomic E-state index is 11.2. The highest BCUT2D eigenvalue weighted by atomic mass is 79.9. The SMILES string of the molecule is O=C(O)C1(c2ccc(-n3cc(Br)cn3)cc2)CC1. The number of hydrogen-bond acceptors (Lipinski definition) is 2. The summed E-state index contributed by atoms with van der Waals surface area (Å²) >= 11 is 3.34. The predicted octanol–water partition coefficient (Wildman–Crippen LogP) is 2.75. The van der Waals surface area contributed by atoms with Gasteiger partial charge >= 0.3 is 5.97 Å². The van der Waals surface area contributed by atoms with E-state index in [9.17, 15) is 9.90 Å². The van der Waals surface area contributed by atoms with Crippen LogP contribution in [0.4, 0.5) is 0 Å². The van der Waals surface area contributed by atoms with E-state index in [1.54, 1.807) is 10.9 Å². The average molecular weight is 307 g/mol. The Bertz CT molecular complexity index is 600. The lowest BCUT2D eigenvalue weighted by Crippen LogP contribution is -2.19. The molecule has 1 aliphatic rings. The largest absolute Gasteiger partial charge is 0.481 e. The number of benzene rings is 1. The van der Waals surface area contributed by atoms with Gasteiger partial charge in [-0.05, 0) is 46.5 Å². The van der Waals surface area contributed by atoms with Crippen molar-refractivity contribution in [1.82, 2.24) is 9.78 Å². The summed E-state index contributed by atoms with van der Waals surface area (Å²) in [4.78, 5) is 11.2. The number of carboxylic acids is 1. The van der Waals surface area contributed by atoms with E-state index in [-0.39, 0.29) is 0 Å². The lowest BCUT2D eigenvalue weighted by molar-refractivity contribution is -0.140. The zero-order chi connectivity index (χ0) is 12.8. The second-order valence-electron chi connectivity index (χ2n) is 4.54. The number of hydrogen-bond donors (Lipinski definition) is 1. The van der Waals surface area contributed by atoms with Gasteiger partial charge in [0.2, 0.25) is 0 Å². The van der Waals surface area contributed by atoms with E-state index in [0.29, 0.717) is 0 Å². The Morgan fingerprint density at radius 3 is 2.44 bits per heavy atom. The molecule has 4 nitrogen and oxygen atoms in total. The maximum absolute atomic E-state index is 11.2. The molecule has 0 radical (unpaired) electrons. The smallest absolute Gasteiger partial charge is 0.314 e. The number of carbonyl (C=O) groups is 1. The molecule has 92 valence electrons. The van der Waals surface area contributed by atoms with Crippen molar-refractivity contribution in [2.45, 2.75) is 18.3 Å². The minimum absolute atomic E-state index is 0.636. The van der Waals surface area contributed by atoms with Crippen molar-refractivity contribution >= 4 is 21.9 Å². The zero-order valence-corrected chi connectivity index (χ0v) is 11.1. The van der Waals surface area contributed by atoms with Gasteiger partial charge < -0.3 is 5.11 Å². The fraction of sp³-hybridized carbons (Fsp3) is 0.231. The Kier molecular flexibility index (Phi) is 2.52. The Labute approximate surface area is 112 Å². The van der Waals surface area contributed by atoms with E-state index >= 15 is 0 Å². The second-order valence-corrected chi connectivity index (χ2v) is 5.45. The summed E-state index contributed by atoms with van der Waals surface area (Å²) in [5.74, 6) is -0.725. The molecule has 0 spiro atoms. The predicted molar refractivity (Wildman–Crippen MR) is 69.8 cm³/mol. The summed E-state index contributed by atoms with van der Waals surface area (Å²) in [7, 11) is 0. The molecule has 1 aromatic heterocycles. The Morgan fingerprint density at radius 2 is 2.00 bits per heavy atom. The van der Waals surface area contributed by atoms with Crippen LogP contribution in [0.5, 0.6) is 0 Å². The third-order valence-corrected chi connectivity index (χ3v) is 3.80. The van der Waals surface area contributed by atoms with Crippen LogP contribution in [-0.2, 0) is 10.2 Å². The molecule has 0 saturated heterocycles. The Morgan fingerprint density at radius 1 is 1.33 bits per heavy atom. The first-order valence-electron chi connectivity index (χ1n) is 5.66. The minimum atomic E-state index is -0.725. The molecule has 0 atom stereocenters. The molecule has 0 unspecified atom stereocenters. The Balaban J connectivity index is 1.92. The fourth-order valence-electron chi connectivity index (χ4n) is 2.13. The highest BCUT2D eigenvalue weighted by molar-refractivity contribution is 9.10. The van der Waals surface area contributed by atoms with E-state index < -0.39 is 11.4 Å². The normalized spacial score (nSPS) is 16.5. The molecule has 1 aliphatic carbocycles. The molecule has 18 heavy (non-hydrogen) atoms. The molecular weight excluding hydrogens is 296 g/mol. The van der Waals surface area contributed by atoms with Crippen LogP contribution in [0, 0.1) is 0 Å². The summed E-state index contributed by atoms with van der Waals surface area (Å²) in [6, 6.07) is 7.56. The van der Waals surface area contributed by atoms with Crippen molar-refractivity contribution in [3.63, 3.8) is 0 Å². The van der Waals surface area contributed by atoms with E-state index in [0.717, 1.165) is 28.6 Å². The fourth-order valence-corrected chi connectivity index (χ4v) is 2.41. The number of rotatable bonds is 3. The van der Waals surface area contributed by atoms with Gasteiger partial charge in [-0.15, -0.1) is 0 Å². The van der Waals surface area contributed by atoms with Crippen LogP contribution in [0.3, 0.4) is 0 Å². The van der Waals surface area contributed by atoms with Crippen LogP contribution in [-0.4, -0.2) is 20.9 Å². The van der Waals surface area contributed by atoms with E-state index in [4.69, 9.17) is 0 Å². The molecule has 0 bridgehead atoms. The summed E-state index contributed by atoms with van der Waals surface area (Å²) in [5, 5.41) is 13.4. The van der Waals surface area contributed by atoms with Crippen molar-refractivity contribution in [3.05, 3.63) is 46.7 Å². The third kappa shape index (κ3) is 1.75. The molecule has 2 aromatic rings. The molecule has 1 N–H and O–H groups in total. The van der Waals surface area contributed by atoms with Gasteiger partial charge in [0.05, 0.1) is 21.8 Å². The van der Waals surface area contributed by atoms with Gasteiger partial charge in [0.15, 0.2) is 0 Å². The molecule has 1 fully saturated rings. The number of aromatic nitrogens is 2. The van der Waals surface area contributed by atoms with Gasteiger partial charge in [-0.25, -0.2) is 4.68 Å². The first-order valence-corrected chi connectivity index (χ1v) is 6.46. The zero-order valence-electron chi connectivity index (χ0n) is 9.51. The Hall–Kier alpha value is -1.62. The van der Waals surface area contributed by atoms with Gasteiger partial charge in [-0.3, -0.25) is 4.79 Å².